The van der Waals surface area contributed by atoms with E-state index in [1.165, 1.54) is 6.26 Å². The van der Waals surface area contributed by atoms with Gasteiger partial charge in [0.2, 0.25) is 0 Å². The van der Waals surface area contributed by atoms with E-state index >= 15 is 0 Å². The van der Waals surface area contributed by atoms with E-state index in [1.54, 1.807) is 0 Å². The van der Waals surface area contributed by atoms with Gasteiger partial charge in [0.25, 0.3) is 0 Å². The molecule has 2 atom stereocenters. The standard InChI is InChI=1S/C9H19NO3S/c1-14(12,13)6-2-4-9(11)5-3-8(10)7-9/h8,11H,2-7,10H2,1H3. The predicted molar refractivity (Wildman–Crippen MR) is 55.7 cm³/mol. The second-order valence-corrected chi connectivity index (χ2v) is 6.72. The predicted octanol–water partition coefficient (Wildman–Crippen LogP) is 0.0535. The largest absolute Gasteiger partial charge is 0.390 e. The van der Waals surface area contributed by atoms with Crippen molar-refractivity contribution in [2.75, 3.05) is 12.0 Å². The van der Waals surface area contributed by atoms with Crippen LogP contribution in [0.15, 0.2) is 0 Å². The van der Waals surface area contributed by atoms with E-state index in [0.717, 1.165) is 6.42 Å². The van der Waals surface area contributed by atoms with Crippen LogP contribution < -0.4 is 5.73 Å². The van der Waals surface area contributed by atoms with Gasteiger partial charge in [-0.05, 0) is 32.1 Å². The Kier molecular flexibility index (Phi) is 3.55. The minimum atomic E-state index is -2.90. The van der Waals surface area contributed by atoms with Crippen molar-refractivity contribution in [1.82, 2.24) is 0 Å². The molecule has 0 aromatic rings. The van der Waals surface area contributed by atoms with Gasteiger partial charge in [-0.15, -0.1) is 0 Å². The molecular weight excluding hydrogens is 202 g/mol. The van der Waals surface area contributed by atoms with E-state index in [9.17, 15) is 13.5 Å². The second kappa shape index (κ2) is 4.16. The van der Waals surface area contributed by atoms with E-state index in [1.807, 2.05) is 0 Å². The molecule has 0 amide bonds. The summed E-state index contributed by atoms with van der Waals surface area (Å²) in [7, 11) is -2.90. The highest BCUT2D eigenvalue weighted by Crippen LogP contribution is 2.32. The van der Waals surface area contributed by atoms with Crippen molar-refractivity contribution in [2.24, 2.45) is 5.73 Å². The lowest BCUT2D eigenvalue weighted by Crippen LogP contribution is -2.28. The van der Waals surface area contributed by atoms with Crippen molar-refractivity contribution >= 4 is 9.84 Å². The Morgan fingerprint density at radius 1 is 1.57 bits per heavy atom. The normalized spacial score (nSPS) is 33.5. The lowest BCUT2D eigenvalue weighted by Gasteiger charge is -2.21. The van der Waals surface area contributed by atoms with Crippen molar-refractivity contribution in [1.29, 1.82) is 0 Å². The van der Waals surface area contributed by atoms with Crippen molar-refractivity contribution in [3.8, 4) is 0 Å². The number of hydrogen-bond donors (Lipinski definition) is 2. The highest BCUT2D eigenvalue weighted by atomic mass is 32.2. The summed E-state index contributed by atoms with van der Waals surface area (Å²) in [5, 5.41) is 9.98. The lowest BCUT2D eigenvalue weighted by molar-refractivity contribution is 0.0371. The smallest absolute Gasteiger partial charge is 0.147 e. The summed E-state index contributed by atoms with van der Waals surface area (Å²) >= 11 is 0. The van der Waals surface area contributed by atoms with Crippen LogP contribution >= 0.6 is 0 Å². The van der Waals surface area contributed by atoms with Crippen LogP contribution in [0.25, 0.3) is 0 Å². The number of hydrogen-bond acceptors (Lipinski definition) is 4. The summed E-state index contributed by atoms with van der Waals surface area (Å²) in [6, 6.07) is 0.0817. The molecule has 2 unspecified atom stereocenters. The van der Waals surface area contributed by atoms with Gasteiger partial charge in [-0.1, -0.05) is 0 Å². The first-order chi connectivity index (χ1) is 6.31. The minimum absolute atomic E-state index is 0.0817. The van der Waals surface area contributed by atoms with Crippen LogP contribution in [-0.2, 0) is 9.84 Å². The fourth-order valence-corrected chi connectivity index (χ4v) is 2.71. The van der Waals surface area contributed by atoms with E-state index in [4.69, 9.17) is 5.73 Å². The summed E-state index contributed by atoms with van der Waals surface area (Å²) in [6.07, 6.45) is 4.46. The average molecular weight is 221 g/mol. The van der Waals surface area contributed by atoms with Crippen LogP contribution in [0, 0.1) is 0 Å². The fraction of sp³-hybridized carbons (Fsp3) is 1.00. The molecule has 0 aromatic heterocycles. The van der Waals surface area contributed by atoms with Crippen LogP contribution in [0.1, 0.15) is 32.1 Å². The van der Waals surface area contributed by atoms with Crippen molar-refractivity contribution < 1.29 is 13.5 Å². The maximum absolute atomic E-state index is 10.9. The van der Waals surface area contributed by atoms with Crippen molar-refractivity contribution in [2.45, 2.75) is 43.7 Å². The zero-order valence-electron chi connectivity index (χ0n) is 8.57. The molecule has 1 rings (SSSR count). The van der Waals surface area contributed by atoms with Crippen LogP contribution in [0.2, 0.25) is 0 Å². The Morgan fingerprint density at radius 2 is 2.21 bits per heavy atom. The molecule has 0 bridgehead atoms. The molecule has 14 heavy (non-hydrogen) atoms. The number of aliphatic hydroxyl groups is 1. The zero-order chi connectivity index (χ0) is 10.8. The van der Waals surface area contributed by atoms with Crippen LogP contribution in [-0.4, -0.2) is 37.2 Å². The number of nitrogens with two attached hydrogens (primary N) is 1. The summed E-state index contributed by atoms with van der Waals surface area (Å²) in [4.78, 5) is 0. The monoisotopic (exact) mass is 221 g/mol. The first-order valence-electron chi connectivity index (χ1n) is 4.96. The molecule has 0 heterocycles. The lowest BCUT2D eigenvalue weighted by atomic mass is 9.96. The molecule has 1 saturated carbocycles. The van der Waals surface area contributed by atoms with Crippen LogP contribution in [0.4, 0.5) is 0 Å². The van der Waals surface area contributed by atoms with Gasteiger partial charge < -0.3 is 10.8 Å². The number of rotatable bonds is 4. The highest BCUT2D eigenvalue weighted by Gasteiger charge is 2.35. The van der Waals surface area contributed by atoms with Gasteiger partial charge in [-0.25, -0.2) is 8.42 Å². The third kappa shape index (κ3) is 3.94. The molecular formula is C9H19NO3S. The van der Waals surface area contributed by atoms with E-state index < -0.39 is 15.4 Å². The van der Waals surface area contributed by atoms with E-state index in [0.29, 0.717) is 25.7 Å². The summed E-state index contributed by atoms with van der Waals surface area (Å²) in [5.74, 6) is 0.157. The van der Waals surface area contributed by atoms with Crippen LogP contribution in [0.3, 0.4) is 0 Å². The van der Waals surface area contributed by atoms with Gasteiger partial charge in [-0.3, -0.25) is 0 Å². The second-order valence-electron chi connectivity index (χ2n) is 4.46. The van der Waals surface area contributed by atoms with Gasteiger partial charge in [-0.2, -0.15) is 0 Å². The van der Waals surface area contributed by atoms with Gasteiger partial charge in [0.15, 0.2) is 0 Å². The maximum Gasteiger partial charge on any atom is 0.147 e. The first kappa shape index (κ1) is 11.9. The molecule has 0 spiro atoms. The average Bonchev–Trinajstić information content (AvgIpc) is 2.28. The van der Waals surface area contributed by atoms with E-state index in [2.05, 4.69) is 0 Å². The molecule has 4 nitrogen and oxygen atoms in total. The molecule has 1 aliphatic rings. The Morgan fingerprint density at radius 3 is 2.64 bits per heavy atom. The molecule has 0 saturated heterocycles. The van der Waals surface area contributed by atoms with Gasteiger partial charge >= 0.3 is 0 Å². The molecule has 84 valence electrons. The maximum atomic E-state index is 10.9. The summed E-state index contributed by atoms with van der Waals surface area (Å²) in [5.41, 5.74) is 4.99. The Labute approximate surface area is 85.4 Å². The minimum Gasteiger partial charge on any atom is -0.390 e. The summed E-state index contributed by atoms with van der Waals surface area (Å²) < 4.78 is 21.7. The molecule has 3 N–H and O–H groups in total. The third-order valence-electron chi connectivity index (χ3n) is 2.78. The topological polar surface area (TPSA) is 80.4 Å². The molecule has 0 aromatic carbocycles. The highest BCUT2D eigenvalue weighted by molar-refractivity contribution is 7.90. The third-order valence-corrected chi connectivity index (χ3v) is 3.81. The SMILES string of the molecule is CS(=O)(=O)CCCC1(O)CCC(N)C1. The molecule has 5 heteroatoms. The van der Waals surface area contributed by atoms with E-state index in [-0.39, 0.29) is 11.8 Å². The van der Waals surface area contributed by atoms with Gasteiger partial charge in [0, 0.05) is 18.1 Å². The Balaban J connectivity index is 2.31. The van der Waals surface area contributed by atoms with Gasteiger partial charge in [0.05, 0.1) is 5.60 Å². The fourth-order valence-electron chi connectivity index (χ4n) is 2.04. The van der Waals surface area contributed by atoms with Crippen LogP contribution in [0.5, 0.6) is 0 Å². The van der Waals surface area contributed by atoms with Crippen molar-refractivity contribution in [3.05, 3.63) is 0 Å². The molecule has 0 aliphatic heterocycles. The molecule has 1 fully saturated rings. The van der Waals surface area contributed by atoms with Gasteiger partial charge in [0.1, 0.15) is 9.84 Å². The number of sulfone groups is 1. The Hall–Kier alpha value is -0.130. The molecule has 0 radical (unpaired) electrons. The molecule has 1 aliphatic carbocycles. The Bertz CT molecular complexity index is 288. The summed E-state index contributed by atoms with van der Waals surface area (Å²) in [6.45, 7) is 0. The quantitative estimate of drug-likeness (QED) is 0.703. The first-order valence-corrected chi connectivity index (χ1v) is 7.02. The zero-order valence-corrected chi connectivity index (χ0v) is 9.39. The van der Waals surface area contributed by atoms with Crippen molar-refractivity contribution in [3.63, 3.8) is 0 Å².